The molecule has 2 aromatic carbocycles. The molecule has 4 rings (SSSR count). The SMILES string of the molecule is CCOC(=O)C1=C(C)N=c2sc(=Cc3cc(Br)c(OCC)c(OC)c3)c(=O)n2[C@@H]1c1ccccc1Cl. The Bertz CT molecular complexity index is 1540. The minimum absolute atomic E-state index is 0.198. The van der Waals surface area contributed by atoms with Crippen LogP contribution in [0.5, 0.6) is 11.5 Å². The summed E-state index contributed by atoms with van der Waals surface area (Å²) in [4.78, 5) is 31.8. The summed E-state index contributed by atoms with van der Waals surface area (Å²) in [7, 11) is 1.56. The number of hydrogen-bond acceptors (Lipinski definition) is 7. The Labute approximate surface area is 225 Å². The van der Waals surface area contributed by atoms with Crippen molar-refractivity contribution in [1.29, 1.82) is 0 Å². The summed E-state index contributed by atoms with van der Waals surface area (Å²) in [6.45, 7) is 6.04. The van der Waals surface area contributed by atoms with Crippen molar-refractivity contribution >= 4 is 50.9 Å². The first kappa shape index (κ1) is 26.2. The molecule has 0 saturated carbocycles. The van der Waals surface area contributed by atoms with E-state index in [1.807, 2.05) is 19.1 Å². The number of carbonyl (C=O) groups is 1. The molecule has 2 heterocycles. The monoisotopic (exact) mass is 590 g/mol. The molecule has 10 heteroatoms. The topological polar surface area (TPSA) is 79.1 Å². The summed E-state index contributed by atoms with van der Waals surface area (Å²) in [5, 5.41) is 0.439. The molecule has 1 atom stereocenters. The third-order valence-electron chi connectivity index (χ3n) is 5.56. The fourth-order valence-electron chi connectivity index (χ4n) is 4.04. The van der Waals surface area contributed by atoms with Crippen LogP contribution in [0.2, 0.25) is 5.02 Å². The van der Waals surface area contributed by atoms with Crippen molar-refractivity contribution in [2.24, 2.45) is 4.99 Å². The van der Waals surface area contributed by atoms with Crippen molar-refractivity contribution in [2.45, 2.75) is 26.8 Å². The average molecular weight is 592 g/mol. The van der Waals surface area contributed by atoms with Gasteiger partial charge in [-0.25, -0.2) is 9.79 Å². The molecule has 0 N–H and O–H groups in total. The maximum absolute atomic E-state index is 13.8. The van der Waals surface area contributed by atoms with Crippen LogP contribution in [0.1, 0.15) is 37.9 Å². The molecule has 0 amide bonds. The Morgan fingerprint density at radius 3 is 2.67 bits per heavy atom. The third-order valence-corrected chi connectivity index (χ3v) is 7.47. The molecule has 7 nitrogen and oxygen atoms in total. The smallest absolute Gasteiger partial charge is 0.338 e. The molecule has 0 saturated heterocycles. The van der Waals surface area contributed by atoms with E-state index in [4.69, 9.17) is 25.8 Å². The second kappa shape index (κ2) is 11.0. The van der Waals surface area contributed by atoms with Crippen molar-refractivity contribution in [2.75, 3.05) is 20.3 Å². The molecule has 0 unspecified atom stereocenters. The number of fused-ring (bicyclic) bond motifs is 1. The van der Waals surface area contributed by atoms with E-state index in [0.29, 0.717) is 48.2 Å². The fraction of sp³-hybridized carbons (Fsp3) is 0.269. The van der Waals surface area contributed by atoms with Gasteiger partial charge in [-0.15, -0.1) is 0 Å². The van der Waals surface area contributed by atoms with Gasteiger partial charge in [-0.1, -0.05) is 41.1 Å². The lowest BCUT2D eigenvalue weighted by Crippen LogP contribution is -2.40. The Kier molecular flexibility index (Phi) is 8.02. The van der Waals surface area contributed by atoms with E-state index in [9.17, 15) is 9.59 Å². The van der Waals surface area contributed by atoms with Crippen LogP contribution in [-0.4, -0.2) is 30.9 Å². The molecule has 0 radical (unpaired) electrons. The molecule has 1 aromatic heterocycles. The van der Waals surface area contributed by atoms with Crippen LogP contribution in [0.25, 0.3) is 6.08 Å². The first-order valence-electron chi connectivity index (χ1n) is 11.2. The number of rotatable bonds is 7. The van der Waals surface area contributed by atoms with Crippen LogP contribution < -0.4 is 24.4 Å². The number of allylic oxidation sites excluding steroid dienone is 1. The molecule has 188 valence electrons. The lowest BCUT2D eigenvalue weighted by atomic mass is 9.96. The molecular weight excluding hydrogens is 568 g/mol. The van der Waals surface area contributed by atoms with Crippen molar-refractivity contribution < 1.29 is 19.0 Å². The van der Waals surface area contributed by atoms with Crippen LogP contribution in [-0.2, 0) is 9.53 Å². The highest BCUT2D eigenvalue weighted by Gasteiger charge is 2.34. The van der Waals surface area contributed by atoms with Gasteiger partial charge in [0, 0.05) is 5.02 Å². The quantitative estimate of drug-likeness (QED) is 0.375. The van der Waals surface area contributed by atoms with E-state index in [2.05, 4.69) is 20.9 Å². The summed E-state index contributed by atoms with van der Waals surface area (Å²) in [6.07, 6.45) is 1.76. The Morgan fingerprint density at radius 2 is 2.00 bits per heavy atom. The first-order chi connectivity index (χ1) is 17.3. The van der Waals surface area contributed by atoms with Crippen molar-refractivity contribution in [1.82, 2.24) is 4.57 Å². The summed E-state index contributed by atoms with van der Waals surface area (Å²) >= 11 is 11.3. The average Bonchev–Trinajstić information content (AvgIpc) is 3.14. The predicted octanol–water partition coefficient (Wildman–Crippen LogP) is 4.62. The van der Waals surface area contributed by atoms with Gasteiger partial charge in [-0.2, -0.15) is 0 Å². The number of ether oxygens (including phenoxy) is 3. The van der Waals surface area contributed by atoms with E-state index in [-0.39, 0.29) is 17.7 Å². The number of carbonyl (C=O) groups excluding carboxylic acids is 1. The fourth-order valence-corrected chi connectivity index (χ4v) is 5.90. The number of thiazole rings is 1. The molecular formula is C26H24BrClN2O5S. The largest absolute Gasteiger partial charge is 0.493 e. The van der Waals surface area contributed by atoms with Crippen LogP contribution >= 0.6 is 38.9 Å². The summed E-state index contributed by atoms with van der Waals surface area (Å²) in [6, 6.07) is 10.0. The molecule has 0 bridgehead atoms. The molecule has 0 aliphatic carbocycles. The maximum Gasteiger partial charge on any atom is 0.338 e. The van der Waals surface area contributed by atoms with Gasteiger partial charge in [0.15, 0.2) is 16.3 Å². The van der Waals surface area contributed by atoms with E-state index in [0.717, 1.165) is 5.56 Å². The minimum atomic E-state index is -0.766. The maximum atomic E-state index is 13.8. The molecule has 3 aromatic rings. The first-order valence-corrected chi connectivity index (χ1v) is 13.2. The highest BCUT2D eigenvalue weighted by molar-refractivity contribution is 9.10. The number of halogens is 2. The van der Waals surface area contributed by atoms with E-state index in [1.54, 1.807) is 51.3 Å². The van der Waals surface area contributed by atoms with Gasteiger partial charge in [-0.3, -0.25) is 9.36 Å². The minimum Gasteiger partial charge on any atom is -0.493 e. The van der Waals surface area contributed by atoms with Crippen molar-refractivity contribution in [3.05, 3.63) is 88.0 Å². The van der Waals surface area contributed by atoms with Crippen LogP contribution in [0.15, 0.2) is 61.9 Å². The lowest BCUT2D eigenvalue weighted by molar-refractivity contribution is -0.139. The zero-order valence-electron chi connectivity index (χ0n) is 20.1. The van der Waals surface area contributed by atoms with Crippen LogP contribution in [0, 0.1) is 0 Å². The van der Waals surface area contributed by atoms with Crippen LogP contribution in [0.4, 0.5) is 0 Å². The normalized spacial score (nSPS) is 15.4. The number of aromatic nitrogens is 1. The number of hydrogen-bond donors (Lipinski definition) is 0. The Morgan fingerprint density at radius 1 is 1.25 bits per heavy atom. The third kappa shape index (κ3) is 4.87. The van der Waals surface area contributed by atoms with Crippen LogP contribution in [0.3, 0.4) is 0 Å². The van der Waals surface area contributed by atoms with E-state index in [1.165, 1.54) is 15.9 Å². The van der Waals surface area contributed by atoms with Gasteiger partial charge in [0.1, 0.15) is 6.04 Å². The van der Waals surface area contributed by atoms with Gasteiger partial charge >= 0.3 is 5.97 Å². The number of esters is 1. The van der Waals surface area contributed by atoms with Gasteiger partial charge < -0.3 is 14.2 Å². The number of methoxy groups -OCH3 is 1. The molecule has 0 spiro atoms. The second-order valence-corrected chi connectivity index (χ2v) is 10.1. The summed E-state index contributed by atoms with van der Waals surface area (Å²) in [5.74, 6) is 0.602. The van der Waals surface area contributed by atoms with Gasteiger partial charge in [0.2, 0.25) is 0 Å². The van der Waals surface area contributed by atoms with Crippen molar-refractivity contribution in [3.8, 4) is 11.5 Å². The molecule has 1 aliphatic rings. The number of nitrogens with zero attached hydrogens (tertiary/aromatic N) is 2. The Balaban J connectivity index is 1.94. The summed E-state index contributed by atoms with van der Waals surface area (Å²) in [5.41, 5.74) is 1.84. The summed E-state index contributed by atoms with van der Waals surface area (Å²) < 4.78 is 19.1. The zero-order valence-corrected chi connectivity index (χ0v) is 23.3. The van der Waals surface area contributed by atoms with E-state index >= 15 is 0 Å². The second-order valence-electron chi connectivity index (χ2n) is 7.79. The number of benzene rings is 2. The molecule has 1 aliphatic heterocycles. The van der Waals surface area contributed by atoms with Gasteiger partial charge in [0.25, 0.3) is 5.56 Å². The predicted molar refractivity (Wildman–Crippen MR) is 144 cm³/mol. The van der Waals surface area contributed by atoms with E-state index < -0.39 is 12.0 Å². The zero-order chi connectivity index (χ0) is 26.0. The standard InChI is InChI=1S/C26H24BrClN2O5S/c1-5-34-23-17(27)11-15(12-19(23)33-4)13-20-24(31)30-22(16-9-7-8-10-18(16)28)21(25(32)35-6-2)14(3)29-26(30)36-20/h7-13,22H,5-6H2,1-4H3/t22-/m1/s1. The van der Waals surface area contributed by atoms with Gasteiger partial charge in [-0.05, 0) is 72.1 Å². The van der Waals surface area contributed by atoms with Gasteiger partial charge in [0.05, 0.1) is 40.6 Å². The van der Waals surface area contributed by atoms with Crippen molar-refractivity contribution in [3.63, 3.8) is 0 Å². The highest BCUT2D eigenvalue weighted by Crippen LogP contribution is 2.37. The molecule has 36 heavy (non-hydrogen) atoms. The highest BCUT2D eigenvalue weighted by atomic mass is 79.9. The lowest BCUT2D eigenvalue weighted by Gasteiger charge is -2.25. The Hall–Kier alpha value is -2.88. The molecule has 0 fully saturated rings.